The number of rotatable bonds is 17. The molecule has 0 radical (unpaired) electrons. The third-order valence-corrected chi connectivity index (χ3v) is 12.3. The Hall–Kier alpha value is -4.38. The lowest BCUT2D eigenvalue weighted by atomic mass is 9.62. The fourth-order valence-electron chi connectivity index (χ4n) is 9.23. The van der Waals surface area contributed by atoms with Crippen molar-refractivity contribution in [1.29, 1.82) is 0 Å². The number of likely N-dealkylation sites (N-methyl/N-ethyl adjacent to an activating group) is 1. The van der Waals surface area contributed by atoms with Gasteiger partial charge in [0, 0.05) is 26.3 Å². The van der Waals surface area contributed by atoms with E-state index in [0.717, 1.165) is 11.1 Å². The highest BCUT2D eigenvalue weighted by Gasteiger charge is 2.75. The second kappa shape index (κ2) is 20.0. The van der Waals surface area contributed by atoms with Gasteiger partial charge in [-0.15, -0.1) is 0 Å². The van der Waals surface area contributed by atoms with Crippen LogP contribution < -0.4 is 5.32 Å². The van der Waals surface area contributed by atoms with E-state index in [1.165, 1.54) is 17.0 Å². The summed E-state index contributed by atoms with van der Waals surface area (Å²) < 4.78 is 34.3. The number of carbonyl (C=O) groups is 4. The molecular formula is C45H59N3O16. The number of nitrogens with zero attached hydrogens (tertiary/aromatic N) is 2. The van der Waals surface area contributed by atoms with Gasteiger partial charge in [-0.3, -0.25) is 24.0 Å². The molecule has 2 aromatic carbocycles. The Morgan fingerprint density at radius 3 is 2.45 bits per heavy atom. The minimum atomic E-state index is -1.58. The minimum Gasteiger partial charge on any atom is -0.460 e. The van der Waals surface area contributed by atoms with Gasteiger partial charge >= 0.3 is 11.9 Å². The Morgan fingerprint density at radius 1 is 1.00 bits per heavy atom. The van der Waals surface area contributed by atoms with Crippen LogP contribution in [0.5, 0.6) is 0 Å². The molecule has 1 aliphatic carbocycles. The van der Waals surface area contributed by atoms with Gasteiger partial charge in [0.15, 0.2) is 12.3 Å². The average Bonchev–Trinajstić information content (AvgIpc) is 3.90. The number of nitrogens with one attached hydrogen (secondary N) is 1. The summed E-state index contributed by atoms with van der Waals surface area (Å²) in [6.45, 7) is 4.06. The van der Waals surface area contributed by atoms with Gasteiger partial charge in [-0.05, 0) is 43.9 Å². The number of fused-ring (bicyclic) bond motifs is 4. The predicted molar refractivity (Wildman–Crippen MR) is 222 cm³/mol. The molecule has 4 saturated heterocycles. The number of benzene rings is 2. The second-order valence-corrected chi connectivity index (χ2v) is 17.9. The SMILES string of the molecule is CN(C(=O)[C@@]12C[C@H]3OC(=O)[C@@H]1N(Cc1cccc(C=CCO[C@H]4O[C@H](CO)[C@H](O)[C@H](O)[C@H]4O)c1)O[C@@H]2[C@H]1OCO[C@H]13)[C@H](Cc1ccccc1)C(=O)N[C@H](CO)CCC(=O)OC(C)(C)C. The molecule has 4 aliphatic heterocycles. The quantitative estimate of drug-likeness (QED) is 0.112. The van der Waals surface area contributed by atoms with Crippen LogP contribution in [0.1, 0.15) is 56.7 Å². The molecule has 4 heterocycles. The first-order valence-electron chi connectivity index (χ1n) is 21.5. The fourth-order valence-corrected chi connectivity index (χ4v) is 9.23. The van der Waals surface area contributed by atoms with E-state index < -0.39 is 121 Å². The van der Waals surface area contributed by atoms with Gasteiger partial charge in [0.05, 0.1) is 32.4 Å². The molecule has 19 heteroatoms. The zero-order valence-corrected chi connectivity index (χ0v) is 36.3. The lowest BCUT2D eigenvalue weighted by molar-refractivity contribution is -0.298. The Morgan fingerprint density at radius 2 is 1.73 bits per heavy atom. The molecule has 5 fully saturated rings. The third-order valence-electron chi connectivity index (χ3n) is 12.3. The van der Waals surface area contributed by atoms with Crippen molar-refractivity contribution >= 4 is 29.8 Å². The highest BCUT2D eigenvalue weighted by Crippen LogP contribution is 2.56. The van der Waals surface area contributed by atoms with E-state index in [1.54, 1.807) is 39.0 Å². The Balaban J connectivity index is 1.11. The maximum absolute atomic E-state index is 15.4. The van der Waals surface area contributed by atoms with E-state index >= 15 is 4.79 Å². The average molecular weight is 898 g/mol. The summed E-state index contributed by atoms with van der Waals surface area (Å²) >= 11 is 0. The molecule has 5 aliphatic rings. The molecule has 2 aromatic rings. The molecular weight excluding hydrogens is 838 g/mol. The van der Waals surface area contributed by atoms with Crippen LogP contribution in [0.15, 0.2) is 60.7 Å². The molecule has 0 spiro atoms. The van der Waals surface area contributed by atoms with Gasteiger partial charge in [-0.2, -0.15) is 5.06 Å². The van der Waals surface area contributed by atoms with Crippen molar-refractivity contribution in [3.8, 4) is 0 Å². The minimum absolute atomic E-state index is 0.0321. The summed E-state index contributed by atoms with van der Waals surface area (Å²) in [5, 5.41) is 54.5. The van der Waals surface area contributed by atoms with Crippen molar-refractivity contribution in [2.75, 3.05) is 33.7 Å². The Kier molecular flexibility index (Phi) is 14.9. The normalized spacial score (nSPS) is 32.1. The van der Waals surface area contributed by atoms with Crippen LogP contribution in [0.2, 0.25) is 0 Å². The zero-order chi connectivity index (χ0) is 45.9. The smallest absolute Gasteiger partial charge is 0.327 e. The molecule has 6 N–H and O–H groups in total. The molecule has 64 heavy (non-hydrogen) atoms. The van der Waals surface area contributed by atoms with Crippen molar-refractivity contribution in [3.05, 3.63) is 77.4 Å². The number of ether oxygens (including phenoxy) is 6. The van der Waals surface area contributed by atoms with E-state index in [9.17, 15) is 39.9 Å². The van der Waals surface area contributed by atoms with Crippen LogP contribution in [-0.4, -0.2) is 172 Å². The summed E-state index contributed by atoms with van der Waals surface area (Å²) in [7, 11) is 1.51. The summed E-state index contributed by atoms with van der Waals surface area (Å²) in [6, 6.07) is 13.2. The summed E-state index contributed by atoms with van der Waals surface area (Å²) in [5.74, 6) is -2.29. The highest BCUT2D eigenvalue weighted by molar-refractivity contribution is 5.96. The Labute approximate surface area is 370 Å². The van der Waals surface area contributed by atoms with Gasteiger partial charge in [-0.25, -0.2) is 0 Å². The van der Waals surface area contributed by atoms with E-state index in [2.05, 4.69) is 5.32 Å². The molecule has 2 bridgehead atoms. The van der Waals surface area contributed by atoms with Crippen molar-refractivity contribution in [2.45, 2.75) is 132 Å². The van der Waals surface area contributed by atoms with Gasteiger partial charge in [0.25, 0.3) is 0 Å². The number of amides is 2. The maximum Gasteiger partial charge on any atom is 0.327 e. The molecule has 19 nitrogen and oxygen atoms in total. The first-order chi connectivity index (χ1) is 30.5. The Bertz CT molecular complexity index is 2000. The van der Waals surface area contributed by atoms with Gasteiger partial charge in [-0.1, -0.05) is 66.7 Å². The summed E-state index contributed by atoms with van der Waals surface area (Å²) in [5.41, 5.74) is -0.118. The number of carbonyl (C=O) groups excluding carboxylic acids is 4. The van der Waals surface area contributed by atoms with Crippen molar-refractivity contribution in [1.82, 2.24) is 15.3 Å². The van der Waals surface area contributed by atoms with Crippen LogP contribution in [0, 0.1) is 5.41 Å². The lowest BCUT2D eigenvalue weighted by Gasteiger charge is -2.50. The van der Waals surface area contributed by atoms with Gasteiger partial charge < -0.3 is 64.2 Å². The molecule has 350 valence electrons. The number of hydrogen-bond acceptors (Lipinski definition) is 17. The van der Waals surface area contributed by atoms with Crippen LogP contribution >= 0.6 is 0 Å². The first-order valence-corrected chi connectivity index (χ1v) is 21.5. The number of hydroxylamine groups is 2. The van der Waals surface area contributed by atoms with Crippen molar-refractivity contribution in [2.24, 2.45) is 5.41 Å². The maximum atomic E-state index is 15.4. The fraction of sp³-hybridized carbons (Fsp3) is 0.600. The predicted octanol–water partition coefficient (Wildman–Crippen LogP) is -0.274. The van der Waals surface area contributed by atoms with E-state index in [0.29, 0.717) is 5.56 Å². The molecule has 7 rings (SSSR count). The molecule has 0 unspecified atom stereocenters. The first kappa shape index (κ1) is 47.6. The third kappa shape index (κ3) is 10.0. The van der Waals surface area contributed by atoms with Crippen molar-refractivity contribution in [3.63, 3.8) is 0 Å². The largest absolute Gasteiger partial charge is 0.460 e. The lowest BCUT2D eigenvalue weighted by Crippen LogP contribution is -2.70. The van der Waals surface area contributed by atoms with E-state index in [-0.39, 0.29) is 45.6 Å². The standard InChI is InChI=1S/C45H59N3O16/c1-44(2,3)63-32(51)16-15-28(22-49)46-40(55)29(19-26-10-6-5-7-11-26)47(4)43(57)45-20-30-36-37(60-24-59-36)39(45)64-48(38(45)41(56)61-30)21-27-13-8-12-25(18-27)14-9-17-58-42-35(54)34(53)33(52)31(23-50)62-42/h5-14,18,28-31,33-39,42,49-50,52-54H,15-17,19-24H2,1-4H3,(H,46,55)/t28-,29+,30+,31+,33-,34-,35+,36-,37-,38-,39+,42-,45-/m0/s1. The molecule has 2 amide bonds. The number of aliphatic hydroxyl groups is 5. The number of hydrogen-bond donors (Lipinski definition) is 6. The number of aliphatic hydroxyl groups excluding tert-OH is 5. The van der Waals surface area contributed by atoms with Crippen LogP contribution in [0.4, 0.5) is 0 Å². The van der Waals surface area contributed by atoms with Crippen LogP contribution in [-0.2, 0) is 65.4 Å². The second-order valence-electron chi connectivity index (χ2n) is 17.9. The number of esters is 2. The molecule has 0 aromatic heterocycles. The zero-order valence-electron chi connectivity index (χ0n) is 36.3. The monoisotopic (exact) mass is 897 g/mol. The van der Waals surface area contributed by atoms with Gasteiger partial charge in [0.2, 0.25) is 11.8 Å². The topological polar surface area (TPSA) is 253 Å². The van der Waals surface area contributed by atoms with Crippen LogP contribution in [0.25, 0.3) is 6.08 Å². The summed E-state index contributed by atoms with van der Waals surface area (Å²) in [6.07, 6.45) is -6.82. The van der Waals surface area contributed by atoms with E-state index in [4.69, 9.17) is 33.3 Å². The summed E-state index contributed by atoms with van der Waals surface area (Å²) in [4.78, 5) is 64.4. The molecule has 13 atom stereocenters. The van der Waals surface area contributed by atoms with Gasteiger partial charge in [0.1, 0.15) is 72.7 Å². The van der Waals surface area contributed by atoms with Crippen LogP contribution in [0.3, 0.4) is 0 Å². The van der Waals surface area contributed by atoms with Crippen molar-refractivity contribution < 1.29 is 78.0 Å². The van der Waals surface area contributed by atoms with E-state index in [1.807, 2.05) is 48.5 Å². The highest BCUT2D eigenvalue weighted by atomic mass is 16.8. The molecule has 1 saturated carbocycles.